The number of esters is 1. The number of benzene rings is 2. The van der Waals surface area contributed by atoms with E-state index in [4.69, 9.17) is 4.74 Å². The number of Topliss-reactive ketones (excluding diaryl/α,β-unsaturated/α-hetero) is 1. The second-order valence-corrected chi connectivity index (χ2v) is 7.74. The zero-order valence-electron chi connectivity index (χ0n) is 16.8. The van der Waals surface area contributed by atoms with Crippen LogP contribution in [-0.2, 0) is 14.3 Å². The van der Waals surface area contributed by atoms with Gasteiger partial charge in [0.05, 0.1) is 0 Å². The van der Waals surface area contributed by atoms with Crippen LogP contribution in [0.5, 0.6) is 0 Å². The van der Waals surface area contributed by atoms with Crippen molar-refractivity contribution in [3.8, 4) is 0 Å². The van der Waals surface area contributed by atoms with Gasteiger partial charge in [0.15, 0.2) is 12.4 Å². The van der Waals surface area contributed by atoms with Crippen molar-refractivity contribution in [2.75, 3.05) is 18.2 Å². The number of anilines is 1. The molecule has 2 aromatic rings. The monoisotopic (exact) mass is 411 g/mol. The third-order valence-corrected chi connectivity index (χ3v) is 4.70. The fraction of sp³-hybridized carbons (Fsp3) is 0.261. The molecule has 0 aliphatic carbocycles. The largest absolute Gasteiger partial charge is 0.454 e. The molecule has 1 amide bonds. The van der Waals surface area contributed by atoms with Gasteiger partial charge in [-0.1, -0.05) is 26.0 Å². The Morgan fingerprint density at radius 3 is 2.28 bits per heavy atom. The zero-order valence-corrected chi connectivity index (χ0v) is 17.6. The quantitative estimate of drug-likeness (QED) is 0.277. The molecule has 0 spiro atoms. The first-order valence-corrected chi connectivity index (χ1v) is 10.5. The van der Waals surface area contributed by atoms with E-state index in [1.165, 1.54) is 6.08 Å². The minimum atomic E-state index is -0.579. The van der Waals surface area contributed by atoms with Crippen LogP contribution in [0.1, 0.15) is 36.2 Å². The van der Waals surface area contributed by atoms with E-state index in [2.05, 4.69) is 5.32 Å². The standard InChI is InChI=1S/C23H25NO4S/c1-16(2)14-22(26)24-19-9-7-18(8-10-19)21(25)15-28-23(27)13-6-17-4-11-20(29-3)12-5-17/h4-13,16H,14-15H2,1-3H3,(H,24,26)/b13-6+. The zero-order chi connectivity index (χ0) is 21.2. The second kappa shape index (κ2) is 11.2. The van der Waals surface area contributed by atoms with E-state index in [-0.39, 0.29) is 24.2 Å². The van der Waals surface area contributed by atoms with E-state index in [9.17, 15) is 14.4 Å². The van der Waals surface area contributed by atoms with Crippen LogP contribution in [0.3, 0.4) is 0 Å². The summed E-state index contributed by atoms with van der Waals surface area (Å²) in [4.78, 5) is 36.9. The predicted octanol–water partition coefficient (Wildman–Crippen LogP) is 4.83. The molecule has 6 heteroatoms. The van der Waals surface area contributed by atoms with E-state index in [1.54, 1.807) is 42.1 Å². The summed E-state index contributed by atoms with van der Waals surface area (Å²) in [5.41, 5.74) is 1.91. The van der Waals surface area contributed by atoms with Gasteiger partial charge < -0.3 is 10.1 Å². The Labute approximate surface area is 175 Å². The first-order chi connectivity index (χ1) is 13.9. The summed E-state index contributed by atoms with van der Waals surface area (Å²) < 4.78 is 5.01. The molecule has 0 fully saturated rings. The topological polar surface area (TPSA) is 72.5 Å². The first-order valence-electron chi connectivity index (χ1n) is 9.29. The number of ketones is 1. The normalized spacial score (nSPS) is 10.9. The van der Waals surface area contributed by atoms with Crippen molar-refractivity contribution < 1.29 is 19.1 Å². The molecule has 0 aromatic heterocycles. The van der Waals surface area contributed by atoms with Gasteiger partial charge in [-0.25, -0.2) is 4.79 Å². The number of carbonyl (C=O) groups excluding carboxylic acids is 3. The third-order valence-electron chi connectivity index (χ3n) is 3.96. The highest BCUT2D eigenvalue weighted by atomic mass is 32.2. The SMILES string of the molecule is CSc1ccc(/C=C/C(=O)OCC(=O)c2ccc(NC(=O)CC(C)C)cc2)cc1. The van der Waals surface area contributed by atoms with Gasteiger partial charge in [0.1, 0.15) is 0 Å². The Bertz CT molecular complexity index is 871. The average Bonchev–Trinajstić information content (AvgIpc) is 2.70. The lowest BCUT2D eigenvalue weighted by atomic mass is 10.1. The molecule has 152 valence electrons. The minimum Gasteiger partial charge on any atom is -0.454 e. The molecule has 2 aromatic carbocycles. The van der Waals surface area contributed by atoms with E-state index >= 15 is 0 Å². The molecule has 0 unspecified atom stereocenters. The average molecular weight is 412 g/mol. The van der Waals surface area contributed by atoms with Gasteiger partial charge >= 0.3 is 5.97 Å². The van der Waals surface area contributed by atoms with Crippen molar-refractivity contribution in [3.63, 3.8) is 0 Å². The Balaban J connectivity index is 1.82. The molecule has 1 N–H and O–H groups in total. The van der Waals surface area contributed by atoms with Crippen LogP contribution < -0.4 is 5.32 Å². The lowest BCUT2D eigenvalue weighted by Gasteiger charge is -2.08. The second-order valence-electron chi connectivity index (χ2n) is 6.86. The molecule has 5 nitrogen and oxygen atoms in total. The summed E-state index contributed by atoms with van der Waals surface area (Å²) in [5, 5.41) is 2.78. The molecule has 2 rings (SSSR count). The fourth-order valence-corrected chi connectivity index (χ4v) is 2.88. The van der Waals surface area contributed by atoms with Gasteiger partial charge in [0, 0.05) is 28.6 Å². The van der Waals surface area contributed by atoms with Gasteiger partial charge in [-0.3, -0.25) is 9.59 Å². The number of ether oxygens (including phenoxy) is 1. The Morgan fingerprint density at radius 1 is 1.03 bits per heavy atom. The van der Waals surface area contributed by atoms with Crippen molar-refractivity contribution in [1.29, 1.82) is 0 Å². The van der Waals surface area contributed by atoms with Crippen LogP contribution in [0.2, 0.25) is 0 Å². The third kappa shape index (κ3) is 7.95. The molecule has 0 aliphatic heterocycles. The highest BCUT2D eigenvalue weighted by Crippen LogP contribution is 2.15. The number of nitrogens with one attached hydrogen (secondary N) is 1. The molecular weight excluding hydrogens is 386 g/mol. The highest BCUT2D eigenvalue weighted by Gasteiger charge is 2.10. The molecule has 0 bridgehead atoms. The fourth-order valence-electron chi connectivity index (χ4n) is 2.47. The van der Waals surface area contributed by atoms with Gasteiger partial charge in [-0.15, -0.1) is 11.8 Å². The lowest BCUT2D eigenvalue weighted by Crippen LogP contribution is -2.14. The van der Waals surface area contributed by atoms with Crippen molar-refractivity contribution in [2.24, 2.45) is 5.92 Å². The number of rotatable bonds is 9. The summed E-state index contributed by atoms with van der Waals surface area (Å²) in [6, 6.07) is 14.3. The predicted molar refractivity (Wildman–Crippen MR) is 117 cm³/mol. The highest BCUT2D eigenvalue weighted by molar-refractivity contribution is 7.98. The van der Waals surface area contributed by atoms with Crippen molar-refractivity contribution in [2.45, 2.75) is 25.2 Å². The van der Waals surface area contributed by atoms with Gasteiger partial charge in [0.25, 0.3) is 0 Å². The van der Waals surface area contributed by atoms with Crippen LogP contribution in [0.15, 0.2) is 59.5 Å². The number of hydrogen-bond acceptors (Lipinski definition) is 5. The number of carbonyl (C=O) groups is 3. The van der Waals surface area contributed by atoms with Crippen molar-refractivity contribution in [1.82, 2.24) is 0 Å². The number of thioether (sulfide) groups is 1. The maximum absolute atomic E-state index is 12.2. The number of amides is 1. The Kier molecular flexibility index (Phi) is 8.68. The van der Waals surface area contributed by atoms with Crippen molar-refractivity contribution >= 4 is 41.2 Å². The lowest BCUT2D eigenvalue weighted by molar-refractivity contribution is -0.136. The summed E-state index contributed by atoms with van der Waals surface area (Å²) in [6.45, 7) is 3.60. The smallest absolute Gasteiger partial charge is 0.331 e. The molecule has 29 heavy (non-hydrogen) atoms. The maximum atomic E-state index is 12.2. The summed E-state index contributed by atoms with van der Waals surface area (Å²) in [5.74, 6) is -0.682. The maximum Gasteiger partial charge on any atom is 0.331 e. The Hall–Kier alpha value is -2.86. The summed E-state index contributed by atoms with van der Waals surface area (Å²) in [7, 11) is 0. The molecular formula is C23H25NO4S. The van der Waals surface area contributed by atoms with Crippen LogP contribution in [0, 0.1) is 5.92 Å². The molecule has 0 saturated carbocycles. The molecule has 0 heterocycles. The van der Waals surface area contributed by atoms with E-state index in [0.29, 0.717) is 17.7 Å². The molecule has 0 saturated heterocycles. The summed E-state index contributed by atoms with van der Waals surface area (Å²) in [6.07, 6.45) is 5.38. The van der Waals surface area contributed by atoms with Crippen LogP contribution in [-0.4, -0.2) is 30.5 Å². The Morgan fingerprint density at radius 2 is 1.69 bits per heavy atom. The van der Waals surface area contributed by atoms with Crippen LogP contribution in [0.25, 0.3) is 6.08 Å². The van der Waals surface area contributed by atoms with E-state index in [0.717, 1.165) is 10.5 Å². The van der Waals surface area contributed by atoms with Gasteiger partial charge in [-0.05, 0) is 60.2 Å². The molecule has 0 radical (unpaired) electrons. The van der Waals surface area contributed by atoms with Crippen LogP contribution >= 0.6 is 11.8 Å². The van der Waals surface area contributed by atoms with Crippen molar-refractivity contribution in [3.05, 3.63) is 65.7 Å². The molecule has 0 aliphatic rings. The van der Waals surface area contributed by atoms with E-state index < -0.39 is 5.97 Å². The molecule has 0 atom stereocenters. The van der Waals surface area contributed by atoms with Gasteiger partial charge in [0.2, 0.25) is 5.91 Å². The first kappa shape index (κ1) is 22.4. The van der Waals surface area contributed by atoms with Crippen LogP contribution in [0.4, 0.5) is 5.69 Å². The summed E-state index contributed by atoms with van der Waals surface area (Å²) >= 11 is 1.64. The minimum absolute atomic E-state index is 0.0668. The van der Waals surface area contributed by atoms with Gasteiger partial charge in [-0.2, -0.15) is 0 Å². The van der Waals surface area contributed by atoms with E-state index in [1.807, 2.05) is 44.4 Å². The number of hydrogen-bond donors (Lipinski definition) is 1.